The largest absolute Gasteiger partial charge is 0.465 e. The van der Waals surface area contributed by atoms with Crippen molar-refractivity contribution in [1.29, 1.82) is 0 Å². The van der Waals surface area contributed by atoms with Crippen LogP contribution in [0.3, 0.4) is 0 Å². The summed E-state index contributed by atoms with van der Waals surface area (Å²) in [5.41, 5.74) is 0.345. The molecule has 0 bridgehead atoms. The third kappa shape index (κ3) is 2.25. The van der Waals surface area contributed by atoms with Gasteiger partial charge in [-0.3, -0.25) is 10.1 Å². The monoisotopic (exact) mass is 221 g/mol. The van der Waals surface area contributed by atoms with Crippen molar-refractivity contribution in [2.75, 3.05) is 7.11 Å². The van der Waals surface area contributed by atoms with E-state index >= 15 is 0 Å². The minimum Gasteiger partial charge on any atom is -0.465 e. The van der Waals surface area contributed by atoms with Crippen molar-refractivity contribution in [2.45, 2.75) is 6.92 Å². The van der Waals surface area contributed by atoms with Crippen LogP contribution in [0.4, 0.5) is 5.69 Å². The van der Waals surface area contributed by atoms with Gasteiger partial charge in [-0.05, 0) is 13.0 Å². The average Bonchev–Trinajstić information content (AvgIpc) is 2.28. The summed E-state index contributed by atoms with van der Waals surface area (Å²) in [6.07, 6.45) is 3.15. The Kier molecular flexibility index (Phi) is 3.77. The number of allylic oxidation sites excluding steroid dienone is 1. The number of ether oxygens (including phenoxy) is 1. The molecule has 5 heteroatoms. The van der Waals surface area contributed by atoms with Gasteiger partial charge >= 0.3 is 5.97 Å². The average molecular weight is 221 g/mol. The van der Waals surface area contributed by atoms with Gasteiger partial charge in [-0.15, -0.1) is 0 Å². The molecule has 0 aromatic heterocycles. The molecule has 0 radical (unpaired) electrons. The number of rotatable bonds is 3. The highest BCUT2D eigenvalue weighted by molar-refractivity contribution is 5.95. The molecule has 1 aromatic carbocycles. The first kappa shape index (κ1) is 11.9. The maximum Gasteiger partial charge on any atom is 0.338 e. The molecule has 0 aliphatic carbocycles. The number of methoxy groups -OCH3 is 1. The summed E-state index contributed by atoms with van der Waals surface area (Å²) in [5.74, 6) is -0.586. The van der Waals surface area contributed by atoms with Gasteiger partial charge in [-0.25, -0.2) is 4.79 Å². The molecule has 84 valence electrons. The smallest absolute Gasteiger partial charge is 0.338 e. The SMILES string of the molecule is C/C=C\c1c(C(=O)OC)cccc1[N+](=O)[O-]. The molecule has 0 atom stereocenters. The fourth-order valence-electron chi connectivity index (χ4n) is 1.34. The van der Waals surface area contributed by atoms with Crippen LogP contribution in [0.5, 0.6) is 0 Å². The molecule has 0 aliphatic rings. The minimum atomic E-state index is -0.586. The summed E-state index contributed by atoms with van der Waals surface area (Å²) in [4.78, 5) is 21.7. The molecule has 5 nitrogen and oxygen atoms in total. The van der Waals surface area contributed by atoms with E-state index in [9.17, 15) is 14.9 Å². The van der Waals surface area contributed by atoms with E-state index in [4.69, 9.17) is 0 Å². The van der Waals surface area contributed by atoms with Crippen molar-refractivity contribution < 1.29 is 14.5 Å². The molecule has 0 saturated carbocycles. The predicted octanol–water partition coefficient (Wildman–Crippen LogP) is 2.41. The quantitative estimate of drug-likeness (QED) is 0.446. The molecule has 16 heavy (non-hydrogen) atoms. The Labute approximate surface area is 92.5 Å². The van der Waals surface area contributed by atoms with E-state index in [1.807, 2.05) is 0 Å². The Morgan fingerprint density at radius 2 is 2.19 bits per heavy atom. The number of nitro groups is 1. The van der Waals surface area contributed by atoms with Crippen molar-refractivity contribution in [1.82, 2.24) is 0 Å². The van der Waals surface area contributed by atoms with E-state index in [-0.39, 0.29) is 16.8 Å². The lowest BCUT2D eigenvalue weighted by molar-refractivity contribution is -0.385. The van der Waals surface area contributed by atoms with Crippen molar-refractivity contribution in [3.63, 3.8) is 0 Å². The van der Waals surface area contributed by atoms with Gasteiger partial charge < -0.3 is 4.74 Å². The Hall–Kier alpha value is -2.17. The molecular formula is C11H11NO4. The summed E-state index contributed by atoms with van der Waals surface area (Å²) in [6, 6.07) is 4.30. The predicted molar refractivity (Wildman–Crippen MR) is 59.1 cm³/mol. The maximum atomic E-state index is 11.4. The zero-order valence-corrected chi connectivity index (χ0v) is 8.97. The summed E-state index contributed by atoms with van der Waals surface area (Å²) in [5, 5.41) is 10.8. The van der Waals surface area contributed by atoms with Gasteiger partial charge in [0.25, 0.3) is 5.69 Å². The van der Waals surface area contributed by atoms with Gasteiger partial charge in [-0.1, -0.05) is 18.2 Å². The van der Waals surface area contributed by atoms with Crippen LogP contribution in [0, 0.1) is 10.1 Å². The van der Waals surface area contributed by atoms with Gasteiger partial charge in [0.05, 0.1) is 23.2 Å². The zero-order chi connectivity index (χ0) is 12.1. The van der Waals surface area contributed by atoms with Crippen LogP contribution in [0.1, 0.15) is 22.8 Å². The number of hydrogen-bond donors (Lipinski definition) is 0. The van der Waals surface area contributed by atoms with Crippen LogP contribution in [-0.4, -0.2) is 18.0 Å². The molecule has 0 spiro atoms. The van der Waals surface area contributed by atoms with Gasteiger partial charge in [0, 0.05) is 6.07 Å². The minimum absolute atomic E-state index is 0.110. The van der Waals surface area contributed by atoms with Crippen LogP contribution in [0.15, 0.2) is 24.3 Å². The number of nitro benzene ring substituents is 1. The molecule has 0 amide bonds. The number of nitrogens with zero attached hydrogens (tertiary/aromatic N) is 1. The Balaban J connectivity index is 3.44. The molecular weight excluding hydrogens is 210 g/mol. The Bertz CT molecular complexity index is 451. The number of esters is 1. The van der Waals surface area contributed by atoms with Crippen LogP contribution in [0.2, 0.25) is 0 Å². The van der Waals surface area contributed by atoms with Crippen molar-refractivity contribution in [3.8, 4) is 0 Å². The highest BCUT2D eigenvalue weighted by Crippen LogP contribution is 2.24. The van der Waals surface area contributed by atoms with Crippen molar-refractivity contribution in [2.24, 2.45) is 0 Å². The first-order valence-electron chi connectivity index (χ1n) is 4.60. The highest BCUT2D eigenvalue weighted by Gasteiger charge is 2.19. The summed E-state index contributed by atoms with van der Waals surface area (Å²) >= 11 is 0. The summed E-state index contributed by atoms with van der Waals surface area (Å²) in [7, 11) is 1.24. The van der Waals surface area contributed by atoms with Gasteiger partial charge in [0.1, 0.15) is 0 Å². The van der Waals surface area contributed by atoms with Gasteiger partial charge in [-0.2, -0.15) is 0 Å². The molecule has 1 aromatic rings. The molecule has 0 fully saturated rings. The first-order valence-corrected chi connectivity index (χ1v) is 4.60. The van der Waals surface area contributed by atoms with E-state index in [0.29, 0.717) is 0 Å². The molecule has 0 aliphatic heterocycles. The second-order valence-electron chi connectivity index (χ2n) is 2.99. The lowest BCUT2D eigenvalue weighted by atomic mass is 10.0. The van der Waals surface area contributed by atoms with Crippen molar-refractivity contribution in [3.05, 3.63) is 45.5 Å². The standard InChI is InChI=1S/C11H11NO4/c1-3-5-8-9(11(13)16-2)6-4-7-10(8)12(14)15/h3-7H,1-2H3/b5-3-. The molecule has 0 heterocycles. The third-order valence-electron chi connectivity index (χ3n) is 2.02. The summed E-state index contributed by atoms with van der Waals surface area (Å²) in [6.45, 7) is 1.72. The van der Waals surface area contributed by atoms with E-state index < -0.39 is 10.9 Å². The first-order chi connectivity index (χ1) is 7.61. The Morgan fingerprint density at radius 1 is 1.50 bits per heavy atom. The second kappa shape index (κ2) is 5.06. The lowest BCUT2D eigenvalue weighted by Gasteiger charge is -2.04. The van der Waals surface area contributed by atoms with Crippen molar-refractivity contribution >= 4 is 17.7 Å². The zero-order valence-electron chi connectivity index (χ0n) is 8.97. The van der Waals surface area contributed by atoms with E-state index in [1.54, 1.807) is 13.0 Å². The lowest BCUT2D eigenvalue weighted by Crippen LogP contribution is -2.05. The molecule has 0 N–H and O–H groups in total. The van der Waals surface area contributed by atoms with E-state index in [2.05, 4.69) is 4.74 Å². The summed E-state index contributed by atoms with van der Waals surface area (Å²) < 4.78 is 4.56. The molecule has 0 unspecified atom stereocenters. The van der Waals surface area contributed by atoms with E-state index in [1.165, 1.54) is 31.4 Å². The number of benzene rings is 1. The third-order valence-corrected chi connectivity index (χ3v) is 2.02. The normalized spacial score (nSPS) is 10.4. The van der Waals surface area contributed by atoms with Crippen LogP contribution >= 0.6 is 0 Å². The highest BCUT2D eigenvalue weighted by atomic mass is 16.6. The maximum absolute atomic E-state index is 11.4. The topological polar surface area (TPSA) is 69.4 Å². The molecule has 1 rings (SSSR count). The van der Waals surface area contributed by atoms with Crippen LogP contribution in [0.25, 0.3) is 6.08 Å². The fraction of sp³-hybridized carbons (Fsp3) is 0.182. The Morgan fingerprint density at radius 3 is 2.69 bits per heavy atom. The van der Waals surface area contributed by atoms with Gasteiger partial charge in [0.2, 0.25) is 0 Å². The molecule has 0 saturated heterocycles. The van der Waals surface area contributed by atoms with Gasteiger partial charge in [0.15, 0.2) is 0 Å². The number of carbonyl (C=O) groups excluding carboxylic acids is 1. The van der Waals surface area contributed by atoms with Crippen LogP contribution < -0.4 is 0 Å². The van der Waals surface area contributed by atoms with E-state index in [0.717, 1.165) is 0 Å². The number of hydrogen-bond acceptors (Lipinski definition) is 4. The second-order valence-corrected chi connectivity index (χ2v) is 2.99. The number of carbonyl (C=O) groups is 1. The van der Waals surface area contributed by atoms with Crippen LogP contribution in [-0.2, 0) is 4.74 Å². The fourth-order valence-corrected chi connectivity index (χ4v) is 1.34.